The van der Waals surface area contributed by atoms with E-state index in [0.29, 0.717) is 0 Å². The SMILES string of the molecule is COc1cc(OCC#N)c([N+](=O)[O-])cc1Cl.COc1cc(OCC(N)=O)c(Cl)cc1[N+](=O)[O-].COc1cc(OCC(N)=O)c([N+](=O)[O-])cc1Cl. The summed E-state index contributed by atoms with van der Waals surface area (Å²) in [5.74, 6) is -1.07. The van der Waals surface area contributed by atoms with Gasteiger partial charge in [0, 0.05) is 36.4 Å². The number of methoxy groups -OCH3 is 3. The van der Waals surface area contributed by atoms with E-state index in [9.17, 15) is 39.9 Å². The van der Waals surface area contributed by atoms with Gasteiger partial charge in [-0.25, -0.2) is 0 Å². The molecule has 2 amide bonds. The van der Waals surface area contributed by atoms with E-state index in [2.05, 4.69) is 0 Å². The van der Waals surface area contributed by atoms with E-state index >= 15 is 0 Å². The monoisotopic (exact) mass is 762 g/mol. The number of benzene rings is 3. The second kappa shape index (κ2) is 20.4. The normalized spacial score (nSPS) is 9.62. The maximum Gasteiger partial charge on any atom is 0.312 e. The highest BCUT2D eigenvalue weighted by Crippen LogP contribution is 2.39. The summed E-state index contributed by atoms with van der Waals surface area (Å²) in [6.45, 7) is -1.13. The summed E-state index contributed by atoms with van der Waals surface area (Å²) in [5, 5.41) is 40.6. The van der Waals surface area contributed by atoms with Crippen LogP contribution >= 0.6 is 34.8 Å². The average molecular weight is 764 g/mol. The minimum atomic E-state index is -0.742. The summed E-state index contributed by atoms with van der Waals surface area (Å²) >= 11 is 17.2. The van der Waals surface area contributed by atoms with E-state index in [-0.39, 0.29) is 79.8 Å². The lowest BCUT2D eigenvalue weighted by Crippen LogP contribution is -2.20. The predicted molar refractivity (Wildman–Crippen MR) is 174 cm³/mol. The van der Waals surface area contributed by atoms with E-state index in [1.165, 1.54) is 39.5 Å². The number of nitrogens with zero attached hydrogens (tertiary/aromatic N) is 4. The van der Waals surface area contributed by atoms with Gasteiger partial charge in [0.05, 0.1) is 51.2 Å². The molecule has 23 heteroatoms. The van der Waals surface area contributed by atoms with Crippen molar-refractivity contribution in [1.29, 1.82) is 5.26 Å². The fourth-order valence-corrected chi connectivity index (χ4v) is 3.91. The summed E-state index contributed by atoms with van der Waals surface area (Å²) in [5.41, 5.74) is 8.81. The molecule has 3 rings (SSSR count). The van der Waals surface area contributed by atoms with Crippen molar-refractivity contribution in [3.05, 3.63) is 81.8 Å². The number of halogens is 3. The number of hydrogen-bond donors (Lipinski definition) is 2. The van der Waals surface area contributed by atoms with Gasteiger partial charge in [0.2, 0.25) is 17.2 Å². The predicted octanol–water partition coefficient (Wildman–Crippen LogP) is 4.40. The molecule has 0 radical (unpaired) electrons. The topological polar surface area (TPSA) is 295 Å². The third-order valence-electron chi connectivity index (χ3n) is 5.32. The first kappa shape index (κ1) is 42.0. The molecule has 0 fully saturated rings. The van der Waals surface area contributed by atoms with Crippen LogP contribution in [0.4, 0.5) is 17.1 Å². The molecule has 0 heterocycles. The first-order valence-corrected chi connectivity index (χ1v) is 14.0. The summed E-state index contributed by atoms with van der Waals surface area (Å²) < 4.78 is 29.3. The summed E-state index contributed by atoms with van der Waals surface area (Å²) in [4.78, 5) is 51.2. The van der Waals surface area contributed by atoms with Gasteiger partial charge in [-0.2, -0.15) is 5.26 Å². The third-order valence-corrected chi connectivity index (χ3v) is 6.21. The zero-order chi connectivity index (χ0) is 38.1. The minimum absolute atomic E-state index is 0.00116. The van der Waals surface area contributed by atoms with Crippen LogP contribution in [0.2, 0.25) is 15.1 Å². The number of nitro benzene ring substituents is 3. The standard InChI is InChI=1S/2C9H9ClN2O5.C9H7ClN2O4/c1-16-8-3-7(17-4-9(11)13)5(10)2-6(8)12(14)15;1-16-7-3-8(17-4-9(11)13)6(12(14)15)2-5(7)10;1-15-8-5-9(16-3-2-11)7(12(13)14)4-6(8)10/h2*2-3H,4H2,1H3,(H2,11,13);4-5H,3H2,1H3. The Hall–Kier alpha value is -6.04. The number of hydrogen-bond acceptors (Lipinski definition) is 15. The average Bonchev–Trinajstić information content (AvgIpc) is 3.06. The molecule has 4 N–H and O–H groups in total. The summed E-state index contributed by atoms with van der Waals surface area (Å²) in [6, 6.07) is 8.72. The molecule has 3 aromatic rings. The van der Waals surface area contributed by atoms with Crippen LogP contribution in [0.1, 0.15) is 0 Å². The van der Waals surface area contributed by atoms with Crippen molar-refractivity contribution in [2.24, 2.45) is 11.5 Å². The fraction of sp³-hybridized carbons (Fsp3) is 0.222. The maximum absolute atomic E-state index is 10.7. The zero-order valence-electron chi connectivity index (χ0n) is 25.9. The largest absolute Gasteiger partial charge is 0.495 e. The van der Waals surface area contributed by atoms with Gasteiger partial charge in [0.15, 0.2) is 19.8 Å². The second-order valence-electron chi connectivity index (χ2n) is 8.59. The van der Waals surface area contributed by atoms with Crippen LogP contribution in [0.5, 0.6) is 34.5 Å². The van der Waals surface area contributed by atoms with Crippen LogP contribution in [-0.2, 0) is 9.59 Å². The van der Waals surface area contributed by atoms with Crippen molar-refractivity contribution in [2.45, 2.75) is 0 Å². The van der Waals surface area contributed by atoms with Crippen LogP contribution in [0.3, 0.4) is 0 Å². The highest BCUT2D eigenvalue weighted by atomic mass is 35.5. The Morgan fingerprint density at radius 3 is 1.28 bits per heavy atom. The molecule has 0 aliphatic carbocycles. The van der Waals surface area contributed by atoms with E-state index < -0.39 is 33.2 Å². The van der Waals surface area contributed by atoms with Gasteiger partial charge in [-0.3, -0.25) is 39.9 Å². The minimum Gasteiger partial charge on any atom is -0.495 e. The first-order valence-electron chi connectivity index (χ1n) is 12.9. The van der Waals surface area contributed by atoms with Crippen LogP contribution in [0, 0.1) is 41.7 Å². The number of nitrogens with two attached hydrogens (primary N) is 2. The van der Waals surface area contributed by atoms with Crippen molar-refractivity contribution in [3.8, 4) is 40.6 Å². The van der Waals surface area contributed by atoms with Gasteiger partial charge >= 0.3 is 17.1 Å². The highest BCUT2D eigenvalue weighted by molar-refractivity contribution is 6.33. The maximum atomic E-state index is 10.7. The number of amides is 2. The Balaban J connectivity index is 0.000000375. The number of nitriles is 1. The molecule has 268 valence electrons. The van der Waals surface area contributed by atoms with Gasteiger partial charge in [0.1, 0.15) is 23.3 Å². The van der Waals surface area contributed by atoms with Gasteiger partial charge < -0.3 is 39.9 Å². The van der Waals surface area contributed by atoms with Gasteiger partial charge in [0.25, 0.3) is 11.8 Å². The van der Waals surface area contributed by atoms with Crippen molar-refractivity contribution in [1.82, 2.24) is 0 Å². The van der Waals surface area contributed by atoms with E-state index in [0.717, 1.165) is 18.2 Å². The third kappa shape index (κ3) is 12.9. The molecule has 20 nitrogen and oxygen atoms in total. The van der Waals surface area contributed by atoms with E-state index in [4.69, 9.17) is 80.0 Å². The molecule has 0 aliphatic rings. The molecule has 0 bridgehead atoms. The van der Waals surface area contributed by atoms with Crippen molar-refractivity contribution >= 4 is 63.7 Å². The van der Waals surface area contributed by atoms with Crippen LogP contribution in [-0.4, -0.2) is 67.7 Å². The first-order chi connectivity index (χ1) is 23.5. The number of carbonyl (C=O) groups is 2. The lowest BCUT2D eigenvalue weighted by molar-refractivity contribution is -0.386. The Morgan fingerprint density at radius 2 is 0.940 bits per heavy atom. The van der Waals surface area contributed by atoms with Gasteiger partial charge in [-0.1, -0.05) is 34.8 Å². The molecule has 0 saturated heterocycles. The number of carbonyl (C=O) groups excluding carboxylic acids is 2. The molecule has 0 spiro atoms. The van der Waals surface area contributed by atoms with E-state index in [1.807, 2.05) is 0 Å². The quantitative estimate of drug-likeness (QED) is 0.170. The van der Waals surface area contributed by atoms with Crippen LogP contribution < -0.4 is 39.9 Å². The Morgan fingerprint density at radius 1 is 0.620 bits per heavy atom. The molecule has 3 aromatic carbocycles. The number of ether oxygens (including phenoxy) is 6. The van der Waals surface area contributed by atoms with Crippen molar-refractivity contribution in [3.63, 3.8) is 0 Å². The van der Waals surface area contributed by atoms with Gasteiger partial charge in [-0.15, -0.1) is 0 Å². The van der Waals surface area contributed by atoms with Crippen LogP contribution in [0.15, 0.2) is 36.4 Å². The molecule has 0 unspecified atom stereocenters. The van der Waals surface area contributed by atoms with E-state index in [1.54, 1.807) is 6.07 Å². The molecule has 0 aliphatic heterocycles. The van der Waals surface area contributed by atoms with Crippen molar-refractivity contribution in [2.75, 3.05) is 41.2 Å². The molecular formula is C27H25Cl3N6O14. The smallest absolute Gasteiger partial charge is 0.312 e. The highest BCUT2D eigenvalue weighted by Gasteiger charge is 2.21. The molecule has 0 atom stereocenters. The molecule has 0 saturated carbocycles. The second-order valence-corrected chi connectivity index (χ2v) is 9.81. The molecule has 50 heavy (non-hydrogen) atoms. The summed E-state index contributed by atoms with van der Waals surface area (Å²) in [7, 11) is 4.00. The number of primary amides is 2. The molecular weight excluding hydrogens is 739 g/mol. The molecule has 0 aromatic heterocycles. The van der Waals surface area contributed by atoms with Gasteiger partial charge in [-0.05, 0) is 0 Å². The Bertz CT molecular complexity index is 1790. The number of rotatable bonds is 14. The Labute approximate surface area is 296 Å². The zero-order valence-corrected chi connectivity index (χ0v) is 28.1. The van der Waals surface area contributed by atoms with Crippen molar-refractivity contribution < 1.29 is 52.8 Å². The fourth-order valence-electron chi connectivity index (χ4n) is 3.23. The number of nitro groups is 3. The van der Waals surface area contributed by atoms with Crippen LogP contribution in [0.25, 0.3) is 0 Å². The Kier molecular flexibility index (Phi) is 17.1. The summed E-state index contributed by atoms with van der Waals surface area (Å²) in [6.07, 6.45) is 0. The lowest BCUT2D eigenvalue weighted by atomic mass is 10.3. The lowest BCUT2D eigenvalue weighted by Gasteiger charge is -2.08.